The molecule has 2 aromatic carbocycles. The van der Waals surface area contributed by atoms with Crippen LogP contribution in [0.2, 0.25) is 0 Å². The van der Waals surface area contributed by atoms with Crippen molar-refractivity contribution in [2.75, 3.05) is 20.1 Å². The second-order valence-corrected chi connectivity index (χ2v) is 10.5. The molecule has 2 saturated heterocycles. The van der Waals surface area contributed by atoms with Crippen molar-refractivity contribution in [3.8, 4) is 11.5 Å². The Morgan fingerprint density at radius 2 is 1.75 bits per heavy atom. The minimum atomic E-state index is -3.69. The lowest BCUT2D eigenvalue weighted by Gasteiger charge is -2.47. The van der Waals surface area contributed by atoms with Crippen molar-refractivity contribution in [3.63, 3.8) is 0 Å². The van der Waals surface area contributed by atoms with Crippen molar-refractivity contribution >= 4 is 21.9 Å². The largest absolute Gasteiger partial charge is 0.457 e. The summed E-state index contributed by atoms with van der Waals surface area (Å²) in [5.74, 6) is 1.08. The average Bonchev–Trinajstić information content (AvgIpc) is 2.79. The van der Waals surface area contributed by atoms with Crippen LogP contribution in [0.25, 0.3) is 0 Å². The molecule has 32 heavy (non-hydrogen) atoms. The molecule has 2 aromatic rings. The summed E-state index contributed by atoms with van der Waals surface area (Å²) in [6.45, 7) is 2.64. The van der Waals surface area contributed by atoms with Gasteiger partial charge in [-0.3, -0.25) is 15.1 Å². The number of nitrogens with one attached hydrogen (secondary N) is 2. The van der Waals surface area contributed by atoms with Gasteiger partial charge in [0.1, 0.15) is 11.5 Å². The number of rotatable bonds is 5. The van der Waals surface area contributed by atoms with E-state index in [2.05, 4.69) is 5.32 Å². The number of benzene rings is 2. The van der Waals surface area contributed by atoms with Crippen LogP contribution in [0.3, 0.4) is 0 Å². The Hall–Kier alpha value is -2.91. The first-order chi connectivity index (χ1) is 15.2. The number of hydrogen-bond donors (Lipinski definition) is 2. The second-order valence-electron chi connectivity index (χ2n) is 8.61. The Balaban J connectivity index is 1.49. The van der Waals surface area contributed by atoms with Crippen LogP contribution in [0.5, 0.6) is 11.5 Å². The van der Waals surface area contributed by atoms with Crippen LogP contribution in [0.4, 0.5) is 0 Å². The molecule has 1 unspecified atom stereocenters. The van der Waals surface area contributed by atoms with Gasteiger partial charge < -0.3 is 10.1 Å². The van der Waals surface area contributed by atoms with E-state index in [1.807, 2.05) is 37.3 Å². The van der Waals surface area contributed by atoms with Crippen molar-refractivity contribution in [1.29, 1.82) is 5.41 Å². The lowest BCUT2D eigenvalue weighted by molar-refractivity contribution is -0.130. The molecule has 2 atom stereocenters. The minimum absolute atomic E-state index is 0.0535. The first-order valence-corrected chi connectivity index (χ1v) is 12.1. The number of ether oxygens (including phenoxy) is 1. The van der Waals surface area contributed by atoms with Crippen molar-refractivity contribution in [2.24, 2.45) is 5.92 Å². The number of carbonyl (C=O) groups excluding carboxylic acids is 1. The fourth-order valence-corrected chi connectivity index (χ4v) is 5.86. The number of nitrogens with zero attached hydrogens (tertiary/aromatic N) is 2. The molecule has 2 N–H and O–H groups in total. The molecule has 1 amide bonds. The van der Waals surface area contributed by atoms with Crippen molar-refractivity contribution in [3.05, 3.63) is 54.6 Å². The highest BCUT2D eigenvalue weighted by Crippen LogP contribution is 2.34. The summed E-state index contributed by atoms with van der Waals surface area (Å²) in [6.07, 6.45) is 1.73. The van der Waals surface area contributed by atoms with Crippen molar-refractivity contribution < 1.29 is 17.9 Å². The molecule has 2 heterocycles. The molecular formula is C23H28N4O4S. The van der Waals surface area contributed by atoms with Gasteiger partial charge >= 0.3 is 0 Å². The SMILES string of the molecule is CN1C(=N)N[C@](C)(C2CCCN(S(=O)(=O)c3ccc(Oc4ccccc4)cc3)C2)CC1=O. The first kappa shape index (κ1) is 22.3. The van der Waals surface area contributed by atoms with E-state index < -0.39 is 15.6 Å². The van der Waals surface area contributed by atoms with Gasteiger partial charge in [-0.05, 0) is 62.1 Å². The number of carbonyl (C=O) groups is 1. The smallest absolute Gasteiger partial charge is 0.243 e. The zero-order valence-corrected chi connectivity index (χ0v) is 19.1. The quantitative estimate of drug-likeness (QED) is 0.720. The van der Waals surface area contributed by atoms with Crippen LogP contribution >= 0.6 is 0 Å². The monoisotopic (exact) mass is 456 g/mol. The Kier molecular flexibility index (Phi) is 5.96. The molecule has 8 nitrogen and oxygen atoms in total. The molecule has 0 radical (unpaired) electrons. The topological polar surface area (TPSA) is 103 Å². The summed E-state index contributed by atoms with van der Waals surface area (Å²) in [7, 11) is -2.12. The van der Waals surface area contributed by atoms with Gasteiger partial charge in [-0.25, -0.2) is 8.42 Å². The van der Waals surface area contributed by atoms with Gasteiger partial charge in [0.05, 0.1) is 16.9 Å². The molecule has 2 aliphatic rings. The van der Waals surface area contributed by atoms with E-state index in [9.17, 15) is 13.2 Å². The maximum atomic E-state index is 13.3. The Bertz CT molecular complexity index is 1080. The number of hydrogen-bond acceptors (Lipinski definition) is 5. The van der Waals surface area contributed by atoms with Gasteiger partial charge in [-0.2, -0.15) is 4.31 Å². The summed E-state index contributed by atoms with van der Waals surface area (Å²) in [6, 6.07) is 15.7. The molecule has 170 valence electrons. The van der Waals surface area contributed by atoms with Gasteiger partial charge in [0, 0.05) is 20.1 Å². The normalized spacial score (nSPS) is 24.8. The highest BCUT2D eigenvalue weighted by Gasteiger charge is 2.45. The zero-order chi connectivity index (χ0) is 22.9. The highest BCUT2D eigenvalue weighted by molar-refractivity contribution is 7.89. The molecule has 9 heteroatoms. The molecule has 0 aromatic heterocycles. The molecule has 4 rings (SSSR count). The number of sulfonamides is 1. The fraction of sp³-hybridized carbons (Fsp3) is 0.391. The van der Waals surface area contributed by atoms with Gasteiger partial charge in [0.2, 0.25) is 15.9 Å². The van der Waals surface area contributed by atoms with Crippen molar-refractivity contribution in [1.82, 2.24) is 14.5 Å². The van der Waals surface area contributed by atoms with E-state index in [-0.39, 0.29) is 29.1 Å². The predicted octanol–water partition coefficient (Wildman–Crippen LogP) is 3.02. The Morgan fingerprint density at radius 1 is 1.09 bits per heavy atom. The van der Waals surface area contributed by atoms with Crippen LogP contribution in [-0.4, -0.2) is 55.2 Å². The molecule has 0 aliphatic carbocycles. The van der Waals surface area contributed by atoms with E-state index in [4.69, 9.17) is 10.1 Å². The maximum Gasteiger partial charge on any atom is 0.243 e. The van der Waals surface area contributed by atoms with Gasteiger partial charge in [0.25, 0.3) is 0 Å². The molecular weight excluding hydrogens is 428 g/mol. The first-order valence-electron chi connectivity index (χ1n) is 10.7. The van der Waals surface area contributed by atoms with Crippen LogP contribution in [0.15, 0.2) is 59.5 Å². The van der Waals surface area contributed by atoms with Crippen LogP contribution in [-0.2, 0) is 14.8 Å². The minimum Gasteiger partial charge on any atom is -0.457 e. The Morgan fingerprint density at radius 3 is 2.41 bits per heavy atom. The zero-order valence-electron chi connectivity index (χ0n) is 18.2. The summed E-state index contributed by atoms with van der Waals surface area (Å²) in [5.41, 5.74) is -0.651. The number of guanidine groups is 1. The third-order valence-corrected chi connectivity index (χ3v) is 8.24. The third kappa shape index (κ3) is 4.35. The molecule has 0 bridgehead atoms. The number of para-hydroxylation sites is 1. The highest BCUT2D eigenvalue weighted by atomic mass is 32.2. The lowest BCUT2D eigenvalue weighted by Crippen LogP contribution is -2.65. The lowest BCUT2D eigenvalue weighted by atomic mass is 9.77. The average molecular weight is 457 g/mol. The standard InChI is InChI=1S/C23H28N4O4S/c1-23(15-21(28)26(2)22(24)25-23)17-7-6-14-27(16-17)32(29,30)20-12-10-19(11-13-20)31-18-8-4-3-5-9-18/h3-5,8-13,17H,6-7,14-16H2,1-2H3,(H2,24,25)/t17?,23-/m0/s1. The third-order valence-electron chi connectivity index (χ3n) is 6.36. The summed E-state index contributed by atoms with van der Waals surface area (Å²) in [4.78, 5) is 13.8. The van der Waals surface area contributed by atoms with E-state index in [1.54, 1.807) is 31.3 Å². The fourth-order valence-electron chi connectivity index (χ4n) is 4.34. The van der Waals surface area contributed by atoms with Crippen LogP contribution < -0.4 is 10.1 Å². The van der Waals surface area contributed by atoms with Crippen LogP contribution in [0, 0.1) is 11.3 Å². The van der Waals surface area contributed by atoms with E-state index in [1.165, 1.54) is 9.21 Å². The van der Waals surface area contributed by atoms with Gasteiger partial charge in [0.15, 0.2) is 5.96 Å². The van der Waals surface area contributed by atoms with E-state index in [0.717, 1.165) is 6.42 Å². The molecule has 2 fully saturated rings. The Labute approximate surface area is 188 Å². The second kappa shape index (κ2) is 8.55. The molecule has 2 aliphatic heterocycles. The van der Waals surface area contributed by atoms with Crippen molar-refractivity contribution in [2.45, 2.75) is 36.6 Å². The van der Waals surface area contributed by atoms with Gasteiger partial charge in [-0.1, -0.05) is 18.2 Å². The predicted molar refractivity (Wildman–Crippen MR) is 121 cm³/mol. The number of piperidine rings is 1. The summed E-state index contributed by atoms with van der Waals surface area (Å²) >= 11 is 0. The van der Waals surface area contributed by atoms with Crippen LogP contribution in [0.1, 0.15) is 26.2 Å². The van der Waals surface area contributed by atoms with Gasteiger partial charge in [-0.15, -0.1) is 0 Å². The van der Waals surface area contributed by atoms with E-state index >= 15 is 0 Å². The molecule has 0 spiro atoms. The maximum absolute atomic E-state index is 13.3. The summed E-state index contributed by atoms with van der Waals surface area (Å²) < 4.78 is 33.9. The summed E-state index contributed by atoms with van der Waals surface area (Å²) in [5, 5.41) is 11.2. The van der Waals surface area contributed by atoms with E-state index in [0.29, 0.717) is 31.0 Å². The number of amides is 1. The molecule has 0 saturated carbocycles.